The molecule has 2 heteroatoms. The summed E-state index contributed by atoms with van der Waals surface area (Å²) < 4.78 is 0. The Morgan fingerprint density at radius 1 is 1.14 bits per heavy atom. The average molecular weight is 209 g/mol. The van der Waals surface area contributed by atoms with Crippen LogP contribution in [0, 0.1) is 0 Å². The molecule has 1 aromatic carbocycles. The van der Waals surface area contributed by atoms with Crippen LogP contribution in [0.4, 0.5) is 0 Å². The molecule has 1 aliphatic rings. The van der Waals surface area contributed by atoms with Crippen LogP contribution >= 0.6 is 11.6 Å². The molecule has 0 spiro atoms. The number of carbonyl (C=O) groups is 1. The summed E-state index contributed by atoms with van der Waals surface area (Å²) in [5, 5.41) is -0.241. The smallest absolute Gasteiger partial charge is 0.151 e. The van der Waals surface area contributed by atoms with Crippen molar-refractivity contribution in [2.24, 2.45) is 0 Å². The molecule has 0 bridgehead atoms. The summed E-state index contributed by atoms with van der Waals surface area (Å²) in [5.74, 6) is 0.588. The number of carbonyl (C=O) groups excluding carboxylic acids is 1. The zero-order valence-corrected chi connectivity index (χ0v) is 8.70. The minimum atomic E-state index is -0.241. The highest BCUT2D eigenvalue weighted by Crippen LogP contribution is 2.32. The van der Waals surface area contributed by atoms with Crippen molar-refractivity contribution in [3.8, 4) is 0 Å². The van der Waals surface area contributed by atoms with E-state index in [0.717, 1.165) is 12.8 Å². The van der Waals surface area contributed by atoms with Crippen molar-refractivity contribution in [3.05, 3.63) is 35.9 Å². The standard InChI is InChI=1S/C12H13ClO/c13-11-7-6-10(8-12(11)14)9-4-2-1-3-5-9/h1-5,10-11H,6-8H2. The first kappa shape index (κ1) is 9.72. The first-order valence-corrected chi connectivity index (χ1v) is 5.43. The third kappa shape index (κ3) is 1.98. The maximum absolute atomic E-state index is 11.4. The molecule has 1 nitrogen and oxygen atoms in total. The minimum absolute atomic E-state index is 0.201. The minimum Gasteiger partial charge on any atom is -0.298 e. The van der Waals surface area contributed by atoms with Gasteiger partial charge in [-0.3, -0.25) is 4.79 Å². The average Bonchev–Trinajstić information content (AvgIpc) is 2.23. The van der Waals surface area contributed by atoms with Crippen LogP contribution in [0.5, 0.6) is 0 Å². The van der Waals surface area contributed by atoms with Crippen LogP contribution in [0.25, 0.3) is 0 Å². The van der Waals surface area contributed by atoms with Crippen molar-refractivity contribution in [2.45, 2.75) is 30.6 Å². The largest absolute Gasteiger partial charge is 0.298 e. The van der Waals surface area contributed by atoms with E-state index in [1.165, 1.54) is 5.56 Å². The maximum atomic E-state index is 11.4. The molecule has 1 aliphatic carbocycles. The molecule has 0 aliphatic heterocycles. The fourth-order valence-corrected chi connectivity index (χ4v) is 2.21. The van der Waals surface area contributed by atoms with E-state index in [1.807, 2.05) is 18.2 Å². The Morgan fingerprint density at radius 2 is 1.86 bits per heavy atom. The first-order valence-electron chi connectivity index (χ1n) is 4.99. The van der Waals surface area contributed by atoms with Gasteiger partial charge >= 0.3 is 0 Å². The topological polar surface area (TPSA) is 17.1 Å². The van der Waals surface area contributed by atoms with Crippen molar-refractivity contribution in [1.82, 2.24) is 0 Å². The van der Waals surface area contributed by atoms with Crippen LogP contribution in [0.3, 0.4) is 0 Å². The first-order chi connectivity index (χ1) is 6.77. The highest BCUT2D eigenvalue weighted by atomic mass is 35.5. The second-order valence-corrected chi connectivity index (χ2v) is 4.35. The lowest BCUT2D eigenvalue weighted by atomic mass is 9.83. The molecule has 0 heterocycles. The lowest BCUT2D eigenvalue weighted by Crippen LogP contribution is -2.24. The molecular formula is C12H13ClO. The Bertz CT molecular complexity index is 320. The van der Waals surface area contributed by atoms with Crippen molar-refractivity contribution >= 4 is 17.4 Å². The molecule has 74 valence electrons. The fourth-order valence-electron chi connectivity index (χ4n) is 1.99. The molecule has 2 unspecified atom stereocenters. The van der Waals surface area contributed by atoms with E-state index >= 15 is 0 Å². The predicted octanol–water partition coefficient (Wildman–Crippen LogP) is 3.13. The van der Waals surface area contributed by atoms with Crippen molar-refractivity contribution in [2.75, 3.05) is 0 Å². The summed E-state index contributed by atoms with van der Waals surface area (Å²) in [6.45, 7) is 0. The highest BCUT2D eigenvalue weighted by Gasteiger charge is 2.27. The van der Waals surface area contributed by atoms with Gasteiger partial charge in [-0.2, -0.15) is 0 Å². The summed E-state index contributed by atoms with van der Waals surface area (Å²) in [6, 6.07) is 10.2. The molecule has 0 amide bonds. The SMILES string of the molecule is O=C1CC(c2ccccc2)CCC1Cl. The number of benzene rings is 1. The Hall–Kier alpha value is -0.820. The van der Waals surface area contributed by atoms with Gasteiger partial charge in [0, 0.05) is 6.42 Å². The van der Waals surface area contributed by atoms with Crippen molar-refractivity contribution in [3.63, 3.8) is 0 Å². The quantitative estimate of drug-likeness (QED) is 0.648. The van der Waals surface area contributed by atoms with E-state index in [0.29, 0.717) is 12.3 Å². The zero-order valence-electron chi connectivity index (χ0n) is 7.95. The predicted molar refractivity (Wildman–Crippen MR) is 57.7 cm³/mol. The number of halogens is 1. The second-order valence-electron chi connectivity index (χ2n) is 3.82. The molecule has 1 aromatic rings. The van der Waals surface area contributed by atoms with Gasteiger partial charge in [0.1, 0.15) is 0 Å². The van der Waals surface area contributed by atoms with E-state index in [1.54, 1.807) is 0 Å². The van der Waals surface area contributed by atoms with Crippen LogP contribution in [-0.2, 0) is 4.79 Å². The Kier molecular flexibility index (Phi) is 2.87. The van der Waals surface area contributed by atoms with Gasteiger partial charge in [0.25, 0.3) is 0 Å². The normalized spacial score (nSPS) is 27.6. The third-order valence-corrected chi connectivity index (χ3v) is 3.30. The van der Waals surface area contributed by atoms with E-state index in [9.17, 15) is 4.79 Å². The highest BCUT2D eigenvalue weighted by molar-refractivity contribution is 6.31. The van der Waals surface area contributed by atoms with E-state index in [2.05, 4.69) is 12.1 Å². The zero-order chi connectivity index (χ0) is 9.97. The lowest BCUT2D eigenvalue weighted by Gasteiger charge is -2.24. The van der Waals surface area contributed by atoms with E-state index < -0.39 is 0 Å². The molecule has 1 saturated carbocycles. The van der Waals surface area contributed by atoms with Gasteiger partial charge in [-0.05, 0) is 24.3 Å². The van der Waals surface area contributed by atoms with Gasteiger partial charge in [0.2, 0.25) is 0 Å². The maximum Gasteiger partial charge on any atom is 0.151 e. The van der Waals surface area contributed by atoms with Gasteiger partial charge in [-0.15, -0.1) is 11.6 Å². The van der Waals surface area contributed by atoms with Crippen LogP contribution in [-0.4, -0.2) is 11.2 Å². The third-order valence-electron chi connectivity index (χ3n) is 2.84. The van der Waals surface area contributed by atoms with Crippen molar-refractivity contribution < 1.29 is 4.79 Å². The number of hydrogen-bond acceptors (Lipinski definition) is 1. The van der Waals surface area contributed by atoms with Gasteiger partial charge in [-0.1, -0.05) is 30.3 Å². The van der Waals surface area contributed by atoms with Gasteiger partial charge < -0.3 is 0 Å². The number of Topliss-reactive ketones (excluding diaryl/α,β-unsaturated/α-hetero) is 1. The number of hydrogen-bond donors (Lipinski definition) is 0. The summed E-state index contributed by atoms with van der Waals surface area (Å²) in [5.41, 5.74) is 1.27. The van der Waals surface area contributed by atoms with Gasteiger partial charge in [0.05, 0.1) is 5.38 Å². The fraction of sp³-hybridized carbons (Fsp3) is 0.417. The number of rotatable bonds is 1. The number of ketones is 1. The molecule has 0 N–H and O–H groups in total. The van der Waals surface area contributed by atoms with Crippen LogP contribution < -0.4 is 0 Å². The molecule has 0 saturated heterocycles. The lowest BCUT2D eigenvalue weighted by molar-refractivity contribution is -0.120. The second kappa shape index (κ2) is 4.14. The van der Waals surface area contributed by atoms with Crippen LogP contribution in [0.1, 0.15) is 30.7 Å². The summed E-state index contributed by atoms with van der Waals surface area (Å²) >= 11 is 5.87. The van der Waals surface area contributed by atoms with E-state index in [4.69, 9.17) is 11.6 Å². The monoisotopic (exact) mass is 208 g/mol. The summed E-state index contributed by atoms with van der Waals surface area (Å²) in [7, 11) is 0. The molecule has 14 heavy (non-hydrogen) atoms. The Labute approximate surface area is 89.1 Å². The molecule has 2 rings (SSSR count). The summed E-state index contributed by atoms with van der Waals surface area (Å²) in [4.78, 5) is 11.4. The van der Waals surface area contributed by atoms with Crippen LogP contribution in [0.15, 0.2) is 30.3 Å². The van der Waals surface area contributed by atoms with Crippen LogP contribution in [0.2, 0.25) is 0 Å². The Morgan fingerprint density at radius 3 is 2.50 bits per heavy atom. The molecule has 0 aromatic heterocycles. The Balaban J connectivity index is 2.11. The van der Waals surface area contributed by atoms with Gasteiger partial charge in [-0.25, -0.2) is 0 Å². The number of alkyl halides is 1. The molecule has 2 atom stereocenters. The van der Waals surface area contributed by atoms with Gasteiger partial charge in [0.15, 0.2) is 5.78 Å². The molecule has 0 radical (unpaired) electrons. The van der Waals surface area contributed by atoms with E-state index in [-0.39, 0.29) is 11.2 Å². The summed E-state index contributed by atoms with van der Waals surface area (Å²) in [6.07, 6.45) is 2.46. The van der Waals surface area contributed by atoms with Crippen molar-refractivity contribution in [1.29, 1.82) is 0 Å². The molecule has 1 fully saturated rings. The molecular weight excluding hydrogens is 196 g/mol.